The first kappa shape index (κ1) is 11.1. The molecule has 1 aliphatic carbocycles. The van der Waals surface area contributed by atoms with Crippen LogP contribution in [0.2, 0.25) is 0 Å². The van der Waals surface area contributed by atoms with Crippen LogP contribution in [0.4, 0.5) is 8.78 Å². The van der Waals surface area contributed by atoms with Crippen molar-refractivity contribution < 1.29 is 23.1 Å². The zero-order valence-electron chi connectivity index (χ0n) is 7.83. The number of rotatable bonds is 2. The summed E-state index contributed by atoms with van der Waals surface area (Å²) >= 11 is 0. The third-order valence-electron chi connectivity index (χ3n) is 2.56. The van der Waals surface area contributed by atoms with Gasteiger partial charge in [-0.1, -0.05) is 0 Å². The molecule has 0 N–H and O–H groups in total. The molecule has 0 bridgehead atoms. The molecule has 2 atom stereocenters. The van der Waals surface area contributed by atoms with E-state index < -0.39 is 30.1 Å². The molecule has 14 heavy (non-hydrogen) atoms. The molecule has 5 heteroatoms. The van der Waals surface area contributed by atoms with Crippen LogP contribution in [-0.4, -0.2) is 25.3 Å². The lowest BCUT2D eigenvalue weighted by Crippen LogP contribution is -2.38. The summed E-state index contributed by atoms with van der Waals surface area (Å²) in [5.74, 6) is -5.18. The molecule has 0 amide bonds. The van der Waals surface area contributed by atoms with Crippen LogP contribution in [0.1, 0.15) is 19.3 Å². The van der Waals surface area contributed by atoms with Crippen LogP contribution in [-0.2, 0) is 14.3 Å². The molecule has 0 spiro atoms. The maximum atomic E-state index is 12.9. The Kier molecular flexibility index (Phi) is 3.18. The quantitative estimate of drug-likeness (QED) is 0.506. The van der Waals surface area contributed by atoms with Crippen molar-refractivity contribution in [3.63, 3.8) is 0 Å². The third kappa shape index (κ3) is 2.27. The second-order valence-corrected chi connectivity index (χ2v) is 3.53. The highest BCUT2D eigenvalue weighted by atomic mass is 19.3. The van der Waals surface area contributed by atoms with Gasteiger partial charge in [0.25, 0.3) is 0 Å². The number of hydrogen-bond acceptors (Lipinski definition) is 3. The van der Waals surface area contributed by atoms with E-state index in [0.29, 0.717) is 6.29 Å². The first-order chi connectivity index (χ1) is 6.50. The summed E-state index contributed by atoms with van der Waals surface area (Å²) in [5.41, 5.74) is 0. The monoisotopic (exact) mass is 206 g/mol. The summed E-state index contributed by atoms with van der Waals surface area (Å²) < 4.78 is 30.3. The summed E-state index contributed by atoms with van der Waals surface area (Å²) in [6.45, 7) is 0. The van der Waals surface area contributed by atoms with Crippen molar-refractivity contribution in [2.75, 3.05) is 7.11 Å². The van der Waals surface area contributed by atoms with E-state index >= 15 is 0 Å². The smallest absolute Gasteiger partial charge is 0.309 e. The molecular formula is C9H12F2O3. The number of esters is 1. The second-order valence-electron chi connectivity index (χ2n) is 3.53. The topological polar surface area (TPSA) is 43.4 Å². The normalized spacial score (nSPS) is 30.8. The van der Waals surface area contributed by atoms with Gasteiger partial charge in [0.1, 0.15) is 6.29 Å². The largest absolute Gasteiger partial charge is 0.469 e. The summed E-state index contributed by atoms with van der Waals surface area (Å²) in [4.78, 5) is 21.7. The number of ether oxygens (including phenoxy) is 1. The van der Waals surface area contributed by atoms with E-state index in [1.54, 1.807) is 0 Å². The van der Waals surface area contributed by atoms with Crippen LogP contribution in [0.25, 0.3) is 0 Å². The lowest BCUT2D eigenvalue weighted by Gasteiger charge is -2.31. The number of hydrogen-bond donors (Lipinski definition) is 0. The van der Waals surface area contributed by atoms with E-state index in [1.165, 1.54) is 0 Å². The Bertz CT molecular complexity index is 240. The van der Waals surface area contributed by atoms with Crippen LogP contribution in [0.5, 0.6) is 0 Å². The molecule has 1 saturated carbocycles. The van der Waals surface area contributed by atoms with Gasteiger partial charge in [0, 0.05) is 18.8 Å². The Morgan fingerprint density at radius 3 is 2.71 bits per heavy atom. The van der Waals surface area contributed by atoms with Gasteiger partial charge in [-0.25, -0.2) is 8.78 Å². The average molecular weight is 206 g/mol. The predicted octanol–water partition coefficient (Wildman–Crippen LogP) is 1.41. The maximum absolute atomic E-state index is 12.9. The lowest BCUT2D eigenvalue weighted by molar-refractivity contribution is -0.158. The van der Waals surface area contributed by atoms with Crippen molar-refractivity contribution in [1.29, 1.82) is 0 Å². The molecule has 0 unspecified atom stereocenters. The Morgan fingerprint density at radius 1 is 1.57 bits per heavy atom. The molecule has 0 aromatic rings. The number of methoxy groups -OCH3 is 1. The fourth-order valence-corrected chi connectivity index (χ4v) is 1.73. The maximum Gasteiger partial charge on any atom is 0.309 e. The van der Waals surface area contributed by atoms with Crippen molar-refractivity contribution in [2.45, 2.75) is 25.2 Å². The number of alkyl halides is 2. The van der Waals surface area contributed by atoms with Crippen molar-refractivity contribution in [3.05, 3.63) is 0 Å². The fraction of sp³-hybridized carbons (Fsp3) is 0.778. The molecule has 0 aliphatic heterocycles. The first-order valence-corrected chi connectivity index (χ1v) is 4.41. The van der Waals surface area contributed by atoms with Gasteiger partial charge in [0.2, 0.25) is 5.92 Å². The summed E-state index contributed by atoms with van der Waals surface area (Å²) in [6.07, 6.45) is -0.292. The molecule has 3 nitrogen and oxygen atoms in total. The van der Waals surface area contributed by atoms with E-state index in [9.17, 15) is 18.4 Å². The summed E-state index contributed by atoms with van der Waals surface area (Å²) in [5, 5.41) is 0. The fourth-order valence-electron chi connectivity index (χ4n) is 1.73. The van der Waals surface area contributed by atoms with Crippen LogP contribution >= 0.6 is 0 Å². The minimum atomic E-state index is -2.85. The van der Waals surface area contributed by atoms with Gasteiger partial charge in [0.05, 0.1) is 13.0 Å². The Morgan fingerprint density at radius 2 is 2.21 bits per heavy atom. The molecule has 0 saturated heterocycles. The highest BCUT2D eigenvalue weighted by Gasteiger charge is 2.44. The summed E-state index contributed by atoms with van der Waals surface area (Å²) in [7, 11) is 1.14. The van der Waals surface area contributed by atoms with Gasteiger partial charge in [-0.05, 0) is 6.42 Å². The van der Waals surface area contributed by atoms with E-state index in [0.717, 1.165) is 7.11 Å². The molecule has 1 fully saturated rings. The standard InChI is InChI=1S/C9H12F2O3/c1-14-8(13)7-4-9(10,11)3-2-6(7)5-12/h5-7H,2-4H2,1H3/t6-,7+/m0/s1. The van der Waals surface area contributed by atoms with Gasteiger partial charge in [-0.2, -0.15) is 0 Å². The zero-order chi connectivity index (χ0) is 10.8. The van der Waals surface area contributed by atoms with E-state index in [2.05, 4.69) is 4.74 Å². The number of carbonyl (C=O) groups is 2. The minimum absolute atomic E-state index is 0.0519. The van der Waals surface area contributed by atoms with Gasteiger partial charge in [0.15, 0.2) is 0 Å². The Labute approximate surface area is 80.4 Å². The van der Waals surface area contributed by atoms with Crippen LogP contribution in [0, 0.1) is 11.8 Å². The number of carbonyl (C=O) groups excluding carboxylic acids is 2. The van der Waals surface area contributed by atoms with Gasteiger partial charge in [-0.3, -0.25) is 4.79 Å². The van der Waals surface area contributed by atoms with Gasteiger partial charge >= 0.3 is 5.97 Å². The molecule has 0 heterocycles. The van der Waals surface area contributed by atoms with Gasteiger partial charge in [-0.15, -0.1) is 0 Å². The second kappa shape index (κ2) is 4.02. The number of halogens is 2. The van der Waals surface area contributed by atoms with Crippen molar-refractivity contribution in [1.82, 2.24) is 0 Å². The molecule has 80 valence electrons. The Balaban J connectivity index is 2.75. The lowest BCUT2D eigenvalue weighted by atomic mass is 9.78. The van der Waals surface area contributed by atoms with Crippen molar-refractivity contribution in [2.24, 2.45) is 11.8 Å². The Hall–Kier alpha value is -1.00. The van der Waals surface area contributed by atoms with Crippen LogP contribution in [0.15, 0.2) is 0 Å². The first-order valence-electron chi connectivity index (χ1n) is 4.41. The molecule has 1 rings (SSSR count). The highest BCUT2D eigenvalue weighted by molar-refractivity contribution is 5.77. The molecular weight excluding hydrogens is 194 g/mol. The molecule has 1 aliphatic rings. The molecule has 0 aromatic carbocycles. The molecule has 0 aromatic heterocycles. The van der Waals surface area contributed by atoms with Crippen LogP contribution in [0.3, 0.4) is 0 Å². The predicted molar refractivity (Wildman–Crippen MR) is 43.9 cm³/mol. The molecule has 0 radical (unpaired) electrons. The van der Waals surface area contributed by atoms with E-state index in [1.807, 2.05) is 0 Å². The van der Waals surface area contributed by atoms with E-state index in [-0.39, 0.29) is 12.8 Å². The van der Waals surface area contributed by atoms with E-state index in [4.69, 9.17) is 0 Å². The van der Waals surface area contributed by atoms with Crippen molar-refractivity contribution in [3.8, 4) is 0 Å². The zero-order valence-corrected chi connectivity index (χ0v) is 7.83. The number of aldehydes is 1. The minimum Gasteiger partial charge on any atom is -0.469 e. The SMILES string of the molecule is COC(=O)[C@@H]1CC(F)(F)CC[C@H]1C=O. The van der Waals surface area contributed by atoms with Crippen LogP contribution < -0.4 is 0 Å². The third-order valence-corrected chi connectivity index (χ3v) is 2.56. The van der Waals surface area contributed by atoms with Gasteiger partial charge < -0.3 is 9.53 Å². The summed E-state index contributed by atoms with van der Waals surface area (Å²) in [6, 6.07) is 0. The highest BCUT2D eigenvalue weighted by Crippen LogP contribution is 2.39. The van der Waals surface area contributed by atoms with Crippen molar-refractivity contribution >= 4 is 12.3 Å². The average Bonchev–Trinajstić information content (AvgIpc) is 2.15.